The topological polar surface area (TPSA) is 0 Å². The predicted octanol–water partition coefficient (Wildman–Crippen LogP) is 5.42. The average molecular weight is 198 g/mol. The van der Waals surface area contributed by atoms with Gasteiger partial charge in [-0.2, -0.15) is 0 Å². The number of rotatable bonds is 8. The molecule has 0 aliphatic rings. The van der Waals surface area contributed by atoms with Crippen LogP contribution in [0.15, 0.2) is 0 Å². The lowest BCUT2D eigenvalue weighted by Crippen LogP contribution is -2.27. The molecule has 0 rings (SSSR count). The maximum atomic E-state index is 2.42. The molecule has 0 aliphatic carbocycles. The first-order valence-electron chi connectivity index (χ1n) is 6.63. The molecule has 0 amide bonds. The molecule has 0 aromatic heterocycles. The molecule has 14 heavy (non-hydrogen) atoms. The van der Waals surface area contributed by atoms with Crippen LogP contribution in [0.1, 0.15) is 79.6 Å². The molecule has 0 nitrogen and oxygen atoms in total. The van der Waals surface area contributed by atoms with E-state index in [-0.39, 0.29) is 0 Å². The first-order valence-corrected chi connectivity index (χ1v) is 6.63. The molecule has 0 aliphatic heterocycles. The van der Waals surface area contributed by atoms with Gasteiger partial charge in [0.05, 0.1) is 0 Å². The van der Waals surface area contributed by atoms with E-state index >= 15 is 0 Å². The Kier molecular flexibility index (Phi) is 7.31. The molecule has 0 aromatic carbocycles. The molecule has 0 heterocycles. The maximum Gasteiger partial charge on any atom is -0.0275 e. The van der Waals surface area contributed by atoms with Crippen LogP contribution in [-0.2, 0) is 0 Å². The van der Waals surface area contributed by atoms with E-state index in [9.17, 15) is 0 Å². The van der Waals surface area contributed by atoms with E-state index in [0.29, 0.717) is 5.41 Å². The minimum absolute atomic E-state index is 0.652. The van der Waals surface area contributed by atoms with Crippen molar-refractivity contribution in [1.82, 2.24) is 0 Å². The van der Waals surface area contributed by atoms with E-state index in [0.717, 1.165) is 5.92 Å². The van der Waals surface area contributed by atoms with Gasteiger partial charge >= 0.3 is 0 Å². The third-order valence-corrected chi connectivity index (χ3v) is 3.75. The minimum Gasteiger partial charge on any atom is -0.0654 e. The molecule has 0 unspecified atom stereocenters. The highest BCUT2D eigenvalue weighted by molar-refractivity contribution is 4.81. The van der Waals surface area contributed by atoms with Crippen molar-refractivity contribution in [2.24, 2.45) is 11.3 Å². The summed E-state index contributed by atoms with van der Waals surface area (Å²) in [5, 5.41) is 0. The molecule has 0 spiro atoms. The van der Waals surface area contributed by atoms with E-state index in [1.807, 2.05) is 0 Å². The Morgan fingerprint density at radius 1 is 0.786 bits per heavy atom. The van der Waals surface area contributed by atoms with Crippen LogP contribution in [-0.4, -0.2) is 0 Å². The fourth-order valence-corrected chi connectivity index (χ4v) is 2.77. The van der Waals surface area contributed by atoms with Gasteiger partial charge in [-0.15, -0.1) is 0 Å². The van der Waals surface area contributed by atoms with Crippen LogP contribution in [0.3, 0.4) is 0 Å². The smallest absolute Gasteiger partial charge is 0.0275 e. The molecule has 0 saturated carbocycles. The fourth-order valence-electron chi connectivity index (χ4n) is 2.77. The monoisotopic (exact) mass is 198 g/mol. The minimum atomic E-state index is 0.652. The molecule has 0 aromatic rings. The molecule has 0 saturated heterocycles. The van der Waals surface area contributed by atoms with Gasteiger partial charge < -0.3 is 0 Å². The van der Waals surface area contributed by atoms with Gasteiger partial charge in [-0.3, -0.25) is 0 Å². The molecule has 0 radical (unpaired) electrons. The zero-order valence-corrected chi connectivity index (χ0v) is 11.0. The van der Waals surface area contributed by atoms with Gasteiger partial charge in [0.25, 0.3) is 0 Å². The predicted molar refractivity (Wildman–Crippen MR) is 66.6 cm³/mol. The zero-order valence-electron chi connectivity index (χ0n) is 11.0. The van der Waals surface area contributed by atoms with Crippen LogP contribution in [0.5, 0.6) is 0 Å². The Hall–Kier alpha value is 0. The quantitative estimate of drug-likeness (QED) is 0.488. The first kappa shape index (κ1) is 14.0. The van der Waals surface area contributed by atoms with E-state index < -0.39 is 0 Å². The van der Waals surface area contributed by atoms with Gasteiger partial charge in [-0.05, 0) is 30.6 Å². The molecular weight excluding hydrogens is 168 g/mol. The van der Waals surface area contributed by atoms with Crippen molar-refractivity contribution in [1.29, 1.82) is 0 Å². The third kappa shape index (κ3) is 4.02. The lowest BCUT2D eigenvalue weighted by molar-refractivity contribution is 0.131. The molecule has 86 valence electrons. The SMILES string of the molecule is CCCCC(CCC)(CCC)C(C)C. The molecule has 0 atom stereocenters. The van der Waals surface area contributed by atoms with Crippen molar-refractivity contribution in [2.45, 2.75) is 79.6 Å². The Labute approximate surface area is 91.5 Å². The number of hydrogen-bond donors (Lipinski definition) is 0. The number of unbranched alkanes of at least 4 members (excludes halogenated alkanes) is 1. The van der Waals surface area contributed by atoms with Gasteiger partial charge in [0.15, 0.2) is 0 Å². The van der Waals surface area contributed by atoms with E-state index in [1.165, 1.54) is 44.9 Å². The van der Waals surface area contributed by atoms with Gasteiger partial charge in [0.1, 0.15) is 0 Å². The van der Waals surface area contributed by atoms with Crippen molar-refractivity contribution < 1.29 is 0 Å². The summed E-state index contributed by atoms with van der Waals surface area (Å²) in [4.78, 5) is 0. The van der Waals surface area contributed by atoms with E-state index in [1.54, 1.807) is 0 Å². The fraction of sp³-hybridized carbons (Fsp3) is 1.00. The third-order valence-electron chi connectivity index (χ3n) is 3.75. The Morgan fingerprint density at radius 3 is 1.57 bits per heavy atom. The average Bonchev–Trinajstić information content (AvgIpc) is 2.14. The largest absolute Gasteiger partial charge is 0.0654 e. The first-order chi connectivity index (χ1) is 6.63. The summed E-state index contributed by atoms with van der Waals surface area (Å²) in [6.07, 6.45) is 9.77. The van der Waals surface area contributed by atoms with Crippen LogP contribution in [0.25, 0.3) is 0 Å². The van der Waals surface area contributed by atoms with Crippen molar-refractivity contribution >= 4 is 0 Å². The second-order valence-corrected chi connectivity index (χ2v) is 5.12. The molecule has 0 N–H and O–H groups in total. The summed E-state index contributed by atoms with van der Waals surface area (Å²) < 4.78 is 0. The van der Waals surface area contributed by atoms with Crippen LogP contribution in [0.2, 0.25) is 0 Å². The normalized spacial score (nSPS) is 12.4. The van der Waals surface area contributed by atoms with E-state index in [2.05, 4.69) is 34.6 Å². The lowest BCUT2D eigenvalue weighted by Gasteiger charge is -2.38. The number of hydrogen-bond acceptors (Lipinski definition) is 0. The van der Waals surface area contributed by atoms with Crippen molar-refractivity contribution in [3.63, 3.8) is 0 Å². The molecule has 0 fully saturated rings. The van der Waals surface area contributed by atoms with Crippen LogP contribution in [0, 0.1) is 11.3 Å². The van der Waals surface area contributed by atoms with Crippen LogP contribution < -0.4 is 0 Å². The summed E-state index contributed by atoms with van der Waals surface area (Å²) in [6.45, 7) is 11.8. The highest BCUT2D eigenvalue weighted by Gasteiger charge is 2.30. The Bertz CT molecular complexity index is 118. The standard InChI is InChI=1S/C14H30/c1-6-9-12-14(10-7-2,11-8-3)13(4)5/h13H,6-12H2,1-5H3. The summed E-state index contributed by atoms with van der Waals surface area (Å²) in [6, 6.07) is 0. The van der Waals surface area contributed by atoms with Crippen molar-refractivity contribution in [2.75, 3.05) is 0 Å². The van der Waals surface area contributed by atoms with Gasteiger partial charge in [-0.25, -0.2) is 0 Å². The highest BCUT2D eigenvalue weighted by atomic mass is 14.4. The maximum absolute atomic E-state index is 2.42. The van der Waals surface area contributed by atoms with Gasteiger partial charge in [0, 0.05) is 0 Å². The van der Waals surface area contributed by atoms with Crippen molar-refractivity contribution in [3.05, 3.63) is 0 Å². The van der Waals surface area contributed by atoms with Crippen LogP contribution >= 0.6 is 0 Å². The van der Waals surface area contributed by atoms with Crippen LogP contribution in [0.4, 0.5) is 0 Å². The van der Waals surface area contributed by atoms with E-state index in [4.69, 9.17) is 0 Å². The summed E-state index contributed by atoms with van der Waals surface area (Å²) in [5.41, 5.74) is 0.652. The second kappa shape index (κ2) is 7.31. The summed E-state index contributed by atoms with van der Waals surface area (Å²) in [7, 11) is 0. The molecule has 0 bridgehead atoms. The van der Waals surface area contributed by atoms with Gasteiger partial charge in [-0.1, -0.05) is 60.3 Å². The Morgan fingerprint density at radius 2 is 1.29 bits per heavy atom. The highest BCUT2D eigenvalue weighted by Crippen LogP contribution is 2.42. The molecule has 0 heteroatoms. The Balaban J connectivity index is 4.38. The zero-order chi connectivity index (χ0) is 11.0. The second-order valence-electron chi connectivity index (χ2n) is 5.12. The molecular formula is C14H30. The summed E-state index contributed by atoms with van der Waals surface area (Å²) in [5.74, 6) is 0.856. The lowest BCUT2D eigenvalue weighted by atomic mass is 9.67. The summed E-state index contributed by atoms with van der Waals surface area (Å²) >= 11 is 0. The van der Waals surface area contributed by atoms with Gasteiger partial charge in [0.2, 0.25) is 0 Å². The van der Waals surface area contributed by atoms with Crippen molar-refractivity contribution in [3.8, 4) is 0 Å².